The molecule has 4 bridgehead atoms. The summed E-state index contributed by atoms with van der Waals surface area (Å²) in [5, 5.41) is 10.4. The van der Waals surface area contributed by atoms with Crippen molar-refractivity contribution in [2.75, 3.05) is 0 Å². The molecule has 3 aliphatic carbocycles. The van der Waals surface area contributed by atoms with Gasteiger partial charge in [-0.1, -0.05) is 6.42 Å². The second-order valence-corrected chi connectivity index (χ2v) is 6.57. The van der Waals surface area contributed by atoms with Crippen LogP contribution in [0.2, 0.25) is 0 Å². The minimum absolute atomic E-state index is 0.0349. The first-order chi connectivity index (χ1) is 7.14. The van der Waals surface area contributed by atoms with Crippen LogP contribution in [-0.2, 0) is 4.74 Å². The summed E-state index contributed by atoms with van der Waals surface area (Å²) >= 11 is 0. The Balaban J connectivity index is 1.81. The van der Waals surface area contributed by atoms with E-state index in [1.54, 1.807) is 0 Å². The van der Waals surface area contributed by atoms with Gasteiger partial charge in [0.2, 0.25) is 0 Å². The highest BCUT2D eigenvalue weighted by atomic mass is 16.5. The van der Waals surface area contributed by atoms with Crippen molar-refractivity contribution in [2.45, 2.75) is 63.3 Å². The molecule has 2 heterocycles. The molecule has 6 atom stereocenters. The molecule has 1 N–H and O–H groups in total. The van der Waals surface area contributed by atoms with Gasteiger partial charge in [-0.2, -0.15) is 0 Å². The lowest BCUT2D eigenvalue weighted by atomic mass is 9.58. The molecule has 15 heavy (non-hydrogen) atoms. The van der Waals surface area contributed by atoms with E-state index in [0.717, 1.165) is 18.8 Å². The molecular weight excluding hydrogens is 188 g/mol. The van der Waals surface area contributed by atoms with Gasteiger partial charge in [0.05, 0.1) is 17.8 Å². The van der Waals surface area contributed by atoms with Crippen LogP contribution in [0.4, 0.5) is 0 Å². The van der Waals surface area contributed by atoms with Crippen LogP contribution in [0.3, 0.4) is 0 Å². The molecule has 2 nitrogen and oxygen atoms in total. The SMILES string of the molecule is C[C@]12C[C@]34C[C@H]1C[C@H](O2)[C@H]3CCC[C@H]4O. The monoisotopic (exact) mass is 208 g/mol. The lowest BCUT2D eigenvalue weighted by Crippen LogP contribution is -2.53. The highest BCUT2D eigenvalue weighted by molar-refractivity contribution is 5.18. The van der Waals surface area contributed by atoms with Crippen LogP contribution in [0.1, 0.15) is 45.4 Å². The molecule has 5 rings (SSSR count). The molecule has 2 aliphatic heterocycles. The second kappa shape index (κ2) is 2.43. The Bertz CT molecular complexity index is 316. The average molecular weight is 208 g/mol. The molecule has 0 radical (unpaired) electrons. The van der Waals surface area contributed by atoms with Crippen LogP contribution < -0.4 is 0 Å². The first-order valence-electron chi connectivity index (χ1n) is 6.50. The summed E-state index contributed by atoms with van der Waals surface area (Å²) in [7, 11) is 0. The smallest absolute Gasteiger partial charge is 0.0694 e. The van der Waals surface area contributed by atoms with Crippen LogP contribution in [0.15, 0.2) is 0 Å². The minimum Gasteiger partial charge on any atom is -0.393 e. The molecule has 0 aromatic heterocycles. The fraction of sp³-hybridized carbons (Fsp3) is 1.00. The fourth-order valence-corrected chi connectivity index (χ4v) is 5.38. The second-order valence-electron chi connectivity index (χ2n) is 6.57. The molecule has 2 saturated heterocycles. The Labute approximate surface area is 91.0 Å². The Morgan fingerprint density at radius 3 is 3.00 bits per heavy atom. The zero-order chi connectivity index (χ0) is 10.3. The predicted octanol–water partition coefficient (Wildman–Crippen LogP) is 2.11. The predicted molar refractivity (Wildman–Crippen MR) is 56.4 cm³/mol. The largest absolute Gasteiger partial charge is 0.393 e. The summed E-state index contributed by atoms with van der Waals surface area (Å²) < 4.78 is 6.24. The zero-order valence-electron chi connectivity index (χ0n) is 9.41. The number of ether oxygens (including phenoxy) is 1. The highest BCUT2D eigenvalue weighted by Crippen LogP contribution is 2.69. The molecule has 3 saturated carbocycles. The topological polar surface area (TPSA) is 29.5 Å². The summed E-state index contributed by atoms with van der Waals surface area (Å²) in [6, 6.07) is 0. The third-order valence-electron chi connectivity index (χ3n) is 5.95. The van der Waals surface area contributed by atoms with E-state index in [9.17, 15) is 5.11 Å². The zero-order valence-corrected chi connectivity index (χ0v) is 9.41. The van der Waals surface area contributed by atoms with E-state index in [4.69, 9.17) is 4.74 Å². The third-order valence-corrected chi connectivity index (χ3v) is 5.95. The maximum absolute atomic E-state index is 10.4. The molecular formula is C13H20O2. The number of rotatable bonds is 0. The molecule has 2 heteroatoms. The number of hydrogen-bond donors (Lipinski definition) is 1. The normalized spacial score (nSPS) is 66.0. The summed E-state index contributed by atoms with van der Waals surface area (Å²) in [5.74, 6) is 1.42. The van der Waals surface area contributed by atoms with Crippen molar-refractivity contribution in [3.8, 4) is 0 Å². The van der Waals surface area contributed by atoms with Crippen molar-refractivity contribution in [3.63, 3.8) is 0 Å². The van der Waals surface area contributed by atoms with Gasteiger partial charge in [0, 0.05) is 5.41 Å². The first kappa shape index (κ1) is 9.00. The highest BCUT2D eigenvalue weighted by Gasteiger charge is 2.69. The summed E-state index contributed by atoms with van der Waals surface area (Å²) in [4.78, 5) is 0. The third kappa shape index (κ3) is 0.861. The fourth-order valence-electron chi connectivity index (χ4n) is 5.38. The van der Waals surface area contributed by atoms with Crippen LogP contribution in [0, 0.1) is 17.3 Å². The Morgan fingerprint density at radius 2 is 2.20 bits per heavy atom. The molecule has 0 amide bonds. The van der Waals surface area contributed by atoms with Gasteiger partial charge in [0.25, 0.3) is 0 Å². The van der Waals surface area contributed by atoms with Gasteiger partial charge in [-0.05, 0) is 50.9 Å². The molecule has 0 aromatic carbocycles. The van der Waals surface area contributed by atoms with Gasteiger partial charge in [0.15, 0.2) is 0 Å². The Morgan fingerprint density at radius 1 is 1.33 bits per heavy atom. The van der Waals surface area contributed by atoms with E-state index in [-0.39, 0.29) is 17.1 Å². The minimum atomic E-state index is -0.0349. The molecule has 5 aliphatic rings. The van der Waals surface area contributed by atoms with E-state index in [2.05, 4.69) is 6.92 Å². The van der Waals surface area contributed by atoms with E-state index in [1.807, 2.05) is 0 Å². The average Bonchev–Trinajstić information content (AvgIpc) is 2.54. The van der Waals surface area contributed by atoms with Crippen LogP contribution >= 0.6 is 0 Å². The van der Waals surface area contributed by atoms with Crippen molar-refractivity contribution < 1.29 is 9.84 Å². The molecule has 0 unspecified atom stereocenters. The molecule has 5 fully saturated rings. The van der Waals surface area contributed by atoms with E-state index in [1.165, 1.54) is 25.7 Å². The number of aliphatic hydroxyl groups excluding tert-OH is 1. The van der Waals surface area contributed by atoms with Gasteiger partial charge < -0.3 is 9.84 Å². The maximum Gasteiger partial charge on any atom is 0.0694 e. The standard InChI is InChI=1S/C13H20O2/c1-12-7-13-6-8(12)5-10(15-12)9(13)3-2-4-11(13)14/h8-11,14H,2-7H2,1H3/t8-,9-,10+,11-,12+,13-/m1/s1. The van der Waals surface area contributed by atoms with Gasteiger partial charge >= 0.3 is 0 Å². The molecule has 1 spiro atoms. The van der Waals surface area contributed by atoms with E-state index < -0.39 is 0 Å². The molecule has 84 valence electrons. The first-order valence-corrected chi connectivity index (χ1v) is 6.50. The van der Waals surface area contributed by atoms with Crippen molar-refractivity contribution >= 4 is 0 Å². The van der Waals surface area contributed by atoms with Crippen LogP contribution in [0.25, 0.3) is 0 Å². The van der Waals surface area contributed by atoms with Crippen LogP contribution in [-0.4, -0.2) is 22.9 Å². The Hall–Kier alpha value is -0.0800. The van der Waals surface area contributed by atoms with E-state index in [0.29, 0.717) is 12.0 Å². The van der Waals surface area contributed by atoms with Gasteiger partial charge in [-0.25, -0.2) is 0 Å². The lowest BCUT2D eigenvalue weighted by molar-refractivity contribution is -0.181. The van der Waals surface area contributed by atoms with Crippen molar-refractivity contribution in [1.82, 2.24) is 0 Å². The van der Waals surface area contributed by atoms with Gasteiger partial charge in [-0.15, -0.1) is 0 Å². The van der Waals surface area contributed by atoms with Gasteiger partial charge in [0.1, 0.15) is 0 Å². The number of aliphatic hydroxyl groups is 1. The van der Waals surface area contributed by atoms with E-state index >= 15 is 0 Å². The maximum atomic E-state index is 10.4. The lowest BCUT2D eigenvalue weighted by Gasteiger charge is -2.52. The van der Waals surface area contributed by atoms with Crippen molar-refractivity contribution in [3.05, 3.63) is 0 Å². The summed E-state index contributed by atoms with van der Waals surface area (Å²) in [6.07, 6.45) is 7.63. The summed E-state index contributed by atoms with van der Waals surface area (Å²) in [5.41, 5.74) is 0.387. The Kier molecular flexibility index (Phi) is 1.46. The summed E-state index contributed by atoms with van der Waals surface area (Å²) in [6.45, 7) is 2.28. The van der Waals surface area contributed by atoms with Crippen molar-refractivity contribution in [2.24, 2.45) is 17.3 Å². The molecule has 0 aromatic rings. The van der Waals surface area contributed by atoms with Crippen molar-refractivity contribution in [1.29, 1.82) is 0 Å². The van der Waals surface area contributed by atoms with Gasteiger partial charge in [-0.3, -0.25) is 0 Å². The quantitative estimate of drug-likeness (QED) is 0.660. The number of hydrogen-bond acceptors (Lipinski definition) is 2. The van der Waals surface area contributed by atoms with Crippen LogP contribution in [0.5, 0.6) is 0 Å².